The van der Waals surface area contributed by atoms with Crippen molar-refractivity contribution in [1.29, 1.82) is 0 Å². The zero-order valence-corrected chi connectivity index (χ0v) is 17.2. The molecule has 156 valence electrons. The minimum atomic E-state index is -1.01. The summed E-state index contributed by atoms with van der Waals surface area (Å²) < 4.78 is 5.80. The van der Waals surface area contributed by atoms with Crippen LogP contribution in [0.2, 0.25) is 0 Å². The van der Waals surface area contributed by atoms with Gasteiger partial charge in [0.1, 0.15) is 18.9 Å². The van der Waals surface area contributed by atoms with Crippen LogP contribution in [-0.2, 0) is 15.1 Å². The van der Waals surface area contributed by atoms with E-state index in [9.17, 15) is 14.4 Å². The summed E-state index contributed by atoms with van der Waals surface area (Å²) >= 11 is 1.46. The summed E-state index contributed by atoms with van der Waals surface area (Å²) in [4.78, 5) is 40.5. The van der Waals surface area contributed by atoms with Crippen molar-refractivity contribution in [3.63, 3.8) is 0 Å². The quantitative estimate of drug-likeness (QED) is 0.637. The molecule has 0 bridgehead atoms. The molecule has 5 rings (SSSR count). The average Bonchev–Trinajstić information content (AvgIpc) is 3.66. The first-order valence-electron chi connectivity index (χ1n) is 10.2. The van der Waals surface area contributed by atoms with Crippen LogP contribution in [0, 0.1) is 5.92 Å². The molecule has 1 aromatic heterocycles. The van der Waals surface area contributed by atoms with Crippen LogP contribution >= 0.6 is 11.3 Å². The Balaban J connectivity index is 1.24. The molecule has 3 aliphatic rings. The molecule has 8 heteroatoms. The summed E-state index contributed by atoms with van der Waals surface area (Å²) in [5, 5.41) is 7.78. The molecule has 2 saturated carbocycles. The summed E-state index contributed by atoms with van der Waals surface area (Å²) in [6, 6.07) is 12.7. The molecule has 3 fully saturated rings. The van der Waals surface area contributed by atoms with E-state index in [1.54, 1.807) is 0 Å². The molecule has 1 aromatic carbocycles. The molecule has 2 aromatic rings. The number of rotatable bonds is 8. The van der Waals surface area contributed by atoms with Crippen LogP contribution < -0.4 is 15.4 Å². The van der Waals surface area contributed by atoms with Gasteiger partial charge in [0, 0.05) is 4.88 Å². The number of nitrogens with one attached hydrogen (secondary N) is 2. The highest BCUT2D eigenvalue weighted by atomic mass is 32.1. The molecule has 1 atom stereocenters. The van der Waals surface area contributed by atoms with Crippen molar-refractivity contribution in [2.75, 3.05) is 13.2 Å². The van der Waals surface area contributed by atoms with Gasteiger partial charge in [0.25, 0.3) is 5.91 Å². The van der Waals surface area contributed by atoms with Crippen LogP contribution in [0.3, 0.4) is 0 Å². The summed E-state index contributed by atoms with van der Waals surface area (Å²) in [5.74, 6) is 0.176. The molecular formula is C22H23N3O4S. The second-order valence-electron chi connectivity index (χ2n) is 8.31. The summed E-state index contributed by atoms with van der Waals surface area (Å²) in [5.41, 5.74) is -1.44. The molecule has 1 aliphatic heterocycles. The largest absolute Gasteiger partial charge is 0.491 e. The van der Waals surface area contributed by atoms with E-state index in [0.29, 0.717) is 6.61 Å². The number of hydrogen-bond donors (Lipinski definition) is 2. The number of amides is 4. The van der Waals surface area contributed by atoms with E-state index in [1.165, 1.54) is 11.3 Å². The summed E-state index contributed by atoms with van der Waals surface area (Å²) in [6.07, 6.45) is 3.41. The third-order valence-electron chi connectivity index (χ3n) is 6.05. The number of hydrogen-bond acceptors (Lipinski definition) is 5. The lowest BCUT2D eigenvalue weighted by molar-refractivity contribution is -0.136. The first kappa shape index (κ1) is 19.1. The fourth-order valence-electron chi connectivity index (χ4n) is 4.08. The lowest BCUT2D eigenvalue weighted by atomic mass is 9.91. The van der Waals surface area contributed by atoms with Gasteiger partial charge in [0.05, 0.1) is 5.54 Å². The van der Waals surface area contributed by atoms with E-state index in [4.69, 9.17) is 4.74 Å². The van der Waals surface area contributed by atoms with Crippen molar-refractivity contribution in [2.24, 2.45) is 5.92 Å². The predicted octanol–water partition coefficient (Wildman–Crippen LogP) is 2.63. The third kappa shape index (κ3) is 3.35. The highest BCUT2D eigenvalue weighted by Gasteiger charge is 2.61. The van der Waals surface area contributed by atoms with Crippen LogP contribution in [0.4, 0.5) is 4.79 Å². The van der Waals surface area contributed by atoms with Gasteiger partial charge in [0.2, 0.25) is 5.91 Å². The number of ether oxygens (including phenoxy) is 1. The van der Waals surface area contributed by atoms with E-state index < -0.39 is 17.1 Å². The van der Waals surface area contributed by atoms with E-state index in [0.717, 1.165) is 41.2 Å². The average molecular weight is 426 g/mol. The van der Waals surface area contributed by atoms with Crippen LogP contribution in [-0.4, -0.2) is 41.4 Å². The van der Waals surface area contributed by atoms with Crippen molar-refractivity contribution in [1.82, 2.24) is 15.5 Å². The molecule has 0 spiro atoms. The van der Waals surface area contributed by atoms with Crippen molar-refractivity contribution in [2.45, 2.75) is 36.8 Å². The van der Waals surface area contributed by atoms with Gasteiger partial charge < -0.3 is 15.4 Å². The molecule has 2 heterocycles. The van der Waals surface area contributed by atoms with E-state index in [-0.39, 0.29) is 24.3 Å². The number of nitrogens with zero attached hydrogens (tertiary/aromatic N) is 1. The van der Waals surface area contributed by atoms with Crippen molar-refractivity contribution < 1.29 is 19.1 Å². The molecule has 2 aliphatic carbocycles. The molecule has 30 heavy (non-hydrogen) atoms. The zero-order chi connectivity index (χ0) is 20.8. The summed E-state index contributed by atoms with van der Waals surface area (Å²) in [7, 11) is 0. The Morgan fingerprint density at radius 3 is 2.57 bits per heavy atom. The monoisotopic (exact) mass is 425 g/mol. The Hall–Kier alpha value is -2.87. The number of thiophene rings is 1. The molecule has 1 unspecified atom stereocenters. The van der Waals surface area contributed by atoms with Crippen LogP contribution in [0.5, 0.6) is 5.75 Å². The third-order valence-corrected chi connectivity index (χ3v) is 7.05. The van der Waals surface area contributed by atoms with Gasteiger partial charge in [-0.15, -0.1) is 11.3 Å². The Kier molecular flexibility index (Phi) is 4.54. The number of urea groups is 1. The van der Waals surface area contributed by atoms with Crippen LogP contribution in [0.25, 0.3) is 0 Å². The summed E-state index contributed by atoms with van der Waals surface area (Å²) in [6.45, 7) is 0.0850. The minimum absolute atomic E-state index is 0.0923. The fraction of sp³-hybridized carbons (Fsp3) is 0.409. The van der Waals surface area contributed by atoms with Crippen LogP contribution in [0.15, 0.2) is 47.8 Å². The second-order valence-corrected chi connectivity index (χ2v) is 9.26. The molecular weight excluding hydrogens is 402 g/mol. The van der Waals surface area contributed by atoms with E-state index in [2.05, 4.69) is 10.6 Å². The smallest absolute Gasteiger partial charge is 0.325 e. The maximum atomic E-state index is 13.3. The van der Waals surface area contributed by atoms with Gasteiger partial charge in [-0.3, -0.25) is 14.5 Å². The lowest BCUT2D eigenvalue weighted by Gasteiger charge is -2.25. The normalized spacial score (nSPS) is 24.5. The highest BCUT2D eigenvalue weighted by Crippen LogP contribution is 2.50. The molecule has 1 saturated heterocycles. The zero-order valence-electron chi connectivity index (χ0n) is 16.4. The van der Waals surface area contributed by atoms with Gasteiger partial charge in [-0.1, -0.05) is 24.3 Å². The minimum Gasteiger partial charge on any atom is -0.491 e. The predicted molar refractivity (Wildman–Crippen MR) is 111 cm³/mol. The number of imide groups is 1. The van der Waals surface area contributed by atoms with Crippen LogP contribution in [0.1, 0.15) is 30.6 Å². The maximum Gasteiger partial charge on any atom is 0.325 e. The Morgan fingerprint density at radius 1 is 1.17 bits per heavy atom. The van der Waals surface area contributed by atoms with Crippen molar-refractivity contribution in [3.8, 4) is 5.75 Å². The Bertz CT molecular complexity index is 970. The van der Waals surface area contributed by atoms with E-state index in [1.807, 2.05) is 47.8 Å². The second kappa shape index (κ2) is 7.12. The number of carbonyl (C=O) groups is 3. The molecule has 4 amide bonds. The SMILES string of the molecule is O=C(CN1C(=O)NC(c2cccs2)(C2CC2)C1=O)NC1(COc2ccccc2)CC1. The molecule has 2 N–H and O–H groups in total. The molecule has 7 nitrogen and oxygen atoms in total. The van der Waals surface area contributed by atoms with Gasteiger partial charge >= 0.3 is 6.03 Å². The Labute approximate surface area is 178 Å². The van der Waals surface area contributed by atoms with Crippen molar-refractivity contribution in [3.05, 3.63) is 52.7 Å². The molecule has 0 radical (unpaired) electrons. The van der Waals surface area contributed by atoms with Gasteiger partial charge in [-0.05, 0) is 55.2 Å². The maximum absolute atomic E-state index is 13.3. The number of carbonyl (C=O) groups excluding carboxylic acids is 3. The van der Waals surface area contributed by atoms with Crippen molar-refractivity contribution >= 4 is 29.2 Å². The lowest BCUT2D eigenvalue weighted by Crippen LogP contribution is -2.49. The first-order valence-corrected chi connectivity index (χ1v) is 11.1. The van der Waals surface area contributed by atoms with E-state index >= 15 is 0 Å². The number of benzene rings is 1. The standard InChI is InChI=1S/C22H23N3O4S/c26-18(23-21(10-11-21)14-29-16-5-2-1-3-6-16)13-25-19(27)22(15-8-9-15,24-20(25)28)17-7-4-12-30-17/h1-7,12,15H,8-11,13-14H2,(H,23,26)(H,24,28). The Morgan fingerprint density at radius 2 is 1.93 bits per heavy atom. The fourth-order valence-corrected chi connectivity index (χ4v) is 5.03. The number of para-hydroxylation sites is 1. The first-order chi connectivity index (χ1) is 14.5. The van der Waals surface area contributed by atoms with Gasteiger partial charge in [-0.2, -0.15) is 0 Å². The highest BCUT2D eigenvalue weighted by molar-refractivity contribution is 7.10. The topological polar surface area (TPSA) is 87.7 Å². The van der Waals surface area contributed by atoms with Gasteiger partial charge in [0.15, 0.2) is 5.54 Å². The van der Waals surface area contributed by atoms with Gasteiger partial charge in [-0.25, -0.2) is 4.79 Å².